The molecule has 122 valence electrons. The summed E-state index contributed by atoms with van der Waals surface area (Å²) in [6.45, 7) is 6.67. The highest BCUT2D eigenvalue weighted by atomic mass is 32.1. The van der Waals surface area contributed by atoms with E-state index in [1.165, 1.54) is 16.7 Å². The summed E-state index contributed by atoms with van der Waals surface area (Å²) in [6, 6.07) is 14.3. The highest BCUT2D eigenvalue weighted by Gasteiger charge is 2.30. The van der Waals surface area contributed by atoms with Crippen molar-refractivity contribution in [2.24, 2.45) is 0 Å². The Labute approximate surface area is 148 Å². The van der Waals surface area contributed by atoms with Crippen molar-refractivity contribution in [2.45, 2.75) is 27.3 Å². The van der Waals surface area contributed by atoms with Gasteiger partial charge < -0.3 is 5.32 Å². The first-order valence-corrected chi connectivity index (χ1v) is 8.32. The van der Waals surface area contributed by atoms with E-state index in [2.05, 4.69) is 31.3 Å². The second-order valence-corrected chi connectivity index (χ2v) is 6.60. The van der Waals surface area contributed by atoms with Gasteiger partial charge in [0.25, 0.3) is 5.91 Å². The number of carbonyl (C=O) groups is 1. The molecule has 2 aromatic carbocycles. The van der Waals surface area contributed by atoms with Crippen LogP contribution in [0.25, 0.3) is 6.08 Å². The van der Waals surface area contributed by atoms with E-state index in [4.69, 9.17) is 12.2 Å². The third-order valence-corrected chi connectivity index (χ3v) is 4.59. The van der Waals surface area contributed by atoms with Crippen molar-refractivity contribution >= 4 is 29.3 Å². The normalized spacial score (nSPS) is 16.0. The molecule has 1 saturated heterocycles. The van der Waals surface area contributed by atoms with Gasteiger partial charge in [0.1, 0.15) is 5.70 Å². The number of aryl methyl sites for hydroxylation is 3. The van der Waals surface area contributed by atoms with Gasteiger partial charge in [-0.2, -0.15) is 0 Å². The zero-order chi connectivity index (χ0) is 17.3. The summed E-state index contributed by atoms with van der Waals surface area (Å²) in [5.74, 6) is -0.0844. The molecule has 1 amide bonds. The van der Waals surface area contributed by atoms with Crippen LogP contribution in [0.5, 0.6) is 0 Å². The molecule has 0 aliphatic carbocycles. The molecule has 1 aliphatic heterocycles. The molecule has 1 N–H and O–H groups in total. The van der Waals surface area contributed by atoms with Crippen LogP contribution in [0.1, 0.15) is 27.8 Å². The highest BCUT2D eigenvalue weighted by molar-refractivity contribution is 7.80. The van der Waals surface area contributed by atoms with E-state index >= 15 is 0 Å². The Morgan fingerprint density at radius 1 is 1.04 bits per heavy atom. The number of rotatable bonds is 3. The number of hydrogen-bond donors (Lipinski definition) is 1. The van der Waals surface area contributed by atoms with E-state index < -0.39 is 0 Å². The van der Waals surface area contributed by atoms with Gasteiger partial charge in [0.05, 0.1) is 6.54 Å². The molecule has 0 bridgehead atoms. The highest BCUT2D eigenvalue weighted by Crippen LogP contribution is 2.19. The van der Waals surface area contributed by atoms with Crippen molar-refractivity contribution in [3.8, 4) is 0 Å². The number of carbonyl (C=O) groups excluding carboxylic acids is 1. The molecule has 0 unspecified atom stereocenters. The van der Waals surface area contributed by atoms with Crippen LogP contribution in [0.15, 0.2) is 48.2 Å². The lowest BCUT2D eigenvalue weighted by Gasteiger charge is -2.15. The van der Waals surface area contributed by atoms with Crippen LogP contribution in [0.4, 0.5) is 0 Å². The van der Waals surface area contributed by atoms with Gasteiger partial charge in [-0.05, 0) is 61.3 Å². The van der Waals surface area contributed by atoms with Crippen LogP contribution in [0, 0.1) is 20.8 Å². The summed E-state index contributed by atoms with van der Waals surface area (Å²) in [4.78, 5) is 14.3. The number of amides is 1. The van der Waals surface area contributed by atoms with Crippen molar-refractivity contribution in [2.75, 3.05) is 0 Å². The third-order valence-electron chi connectivity index (χ3n) is 4.26. The van der Waals surface area contributed by atoms with Crippen LogP contribution in [-0.2, 0) is 11.3 Å². The van der Waals surface area contributed by atoms with Gasteiger partial charge in [0.15, 0.2) is 5.11 Å². The van der Waals surface area contributed by atoms with Crippen LogP contribution in [0.3, 0.4) is 0 Å². The maximum absolute atomic E-state index is 12.7. The van der Waals surface area contributed by atoms with Crippen LogP contribution < -0.4 is 5.32 Å². The van der Waals surface area contributed by atoms with Gasteiger partial charge in [0, 0.05) is 0 Å². The average molecular weight is 336 g/mol. The van der Waals surface area contributed by atoms with Crippen molar-refractivity contribution < 1.29 is 4.79 Å². The van der Waals surface area contributed by atoms with Crippen LogP contribution >= 0.6 is 12.2 Å². The largest absolute Gasteiger partial charge is 0.328 e. The molecular formula is C20H20N2OS. The lowest BCUT2D eigenvalue weighted by atomic mass is 10.1. The number of nitrogens with zero attached hydrogens (tertiary/aromatic N) is 1. The van der Waals surface area contributed by atoms with E-state index in [9.17, 15) is 4.79 Å². The monoisotopic (exact) mass is 336 g/mol. The van der Waals surface area contributed by atoms with Crippen molar-refractivity contribution in [3.63, 3.8) is 0 Å². The summed E-state index contributed by atoms with van der Waals surface area (Å²) in [7, 11) is 0. The first kappa shape index (κ1) is 16.4. The average Bonchev–Trinajstić information content (AvgIpc) is 2.81. The summed E-state index contributed by atoms with van der Waals surface area (Å²) in [5, 5.41) is 3.49. The summed E-state index contributed by atoms with van der Waals surface area (Å²) in [5.41, 5.74) is 6.22. The van der Waals surface area contributed by atoms with E-state index in [1.54, 1.807) is 4.90 Å². The fraction of sp³-hybridized carbons (Fsp3) is 0.200. The van der Waals surface area contributed by atoms with Gasteiger partial charge >= 0.3 is 0 Å². The van der Waals surface area contributed by atoms with Gasteiger partial charge in [-0.1, -0.05) is 48.0 Å². The number of benzene rings is 2. The molecule has 0 radical (unpaired) electrons. The van der Waals surface area contributed by atoms with Gasteiger partial charge in [-0.25, -0.2) is 0 Å². The Morgan fingerprint density at radius 2 is 1.75 bits per heavy atom. The Bertz CT molecular complexity index is 837. The fourth-order valence-corrected chi connectivity index (χ4v) is 2.89. The minimum atomic E-state index is -0.0844. The standard InChI is InChI=1S/C20H20N2OS/c1-13-4-7-16(8-5-13)11-18-19(23)22(20(24)21-18)12-17-9-6-14(2)15(3)10-17/h4-11H,12H2,1-3H3,(H,21,24)/b18-11-. The first-order chi connectivity index (χ1) is 11.4. The molecule has 4 heteroatoms. The molecule has 24 heavy (non-hydrogen) atoms. The zero-order valence-corrected chi connectivity index (χ0v) is 14.9. The molecule has 0 atom stereocenters. The van der Waals surface area contributed by atoms with Crippen LogP contribution in [-0.4, -0.2) is 15.9 Å². The Morgan fingerprint density at radius 3 is 2.42 bits per heavy atom. The number of hydrogen-bond acceptors (Lipinski definition) is 2. The molecule has 2 aromatic rings. The maximum atomic E-state index is 12.7. The van der Waals surface area contributed by atoms with Gasteiger partial charge in [0.2, 0.25) is 0 Å². The van der Waals surface area contributed by atoms with E-state index in [-0.39, 0.29) is 5.91 Å². The SMILES string of the molecule is Cc1ccc(/C=C2\NC(=S)N(Cc3ccc(C)c(C)c3)C2=O)cc1. The van der Waals surface area contributed by atoms with Crippen LogP contribution in [0.2, 0.25) is 0 Å². The third kappa shape index (κ3) is 3.39. The molecule has 3 nitrogen and oxygen atoms in total. The van der Waals surface area contributed by atoms with E-state index in [0.717, 1.165) is 11.1 Å². The number of thiocarbonyl (C=S) groups is 1. The number of nitrogens with one attached hydrogen (secondary N) is 1. The Hall–Kier alpha value is -2.46. The second-order valence-electron chi connectivity index (χ2n) is 6.21. The molecule has 1 heterocycles. The predicted octanol–water partition coefficient (Wildman–Crippen LogP) is 3.87. The molecule has 3 rings (SSSR count). The molecule has 0 spiro atoms. The molecule has 1 aliphatic rings. The summed E-state index contributed by atoms with van der Waals surface area (Å²) in [6.07, 6.45) is 1.84. The predicted molar refractivity (Wildman–Crippen MR) is 101 cm³/mol. The second kappa shape index (κ2) is 6.57. The first-order valence-electron chi connectivity index (χ1n) is 7.91. The minimum Gasteiger partial charge on any atom is -0.328 e. The van der Waals surface area contributed by atoms with Gasteiger partial charge in [-0.15, -0.1) is 0 Å². The lowest BCUT2D eigenvalue weighted by Crippen LogP contribution is -2.30. The fourth-order valence-electron chi connectivity index (χ4n) is 2.63. The van der Waals surface area contributed by atoms with Crippen molar-refractivity contribution in [1.82, 2.24) is 10.2 Å². The zero-order valence-electron chi connectivity index (χ0n) is 14.1. The quantitative estimate of drug-likeness (QED) is 0.682. The van der Waals surface area contributed by atoms with Crippen molar-refractivity contribution in [1.29, 1.82) is 0 Å². The smallest absolute Gasteiger partial charge is 0.276 e. The molecule has 0 aromatic heterocycles. The molecular weight excluding hydrogens is 316 g/mol. The van der Waals surface area contributed by atoms with E-state index in [1.807, 2.05) is 43.3 Å². The Kier molecular flexibility index (Phi) is 4.49. The Balaban J connectivity index is 1.81. The topological polar surface area (TPSA) is 32.3 Å². The van der Waals surface area contributed by atoms with E-state index in [0.29, 0.717) is 17.4 Å². The van der Waals surface area contributed by atoms with Crippen molar-refractivity contribution in [3.05, 3.63) is 76.0 Å². The molecule has 1 fully saturated rings. The maximum Gasteiger partial charge on any atom is 0.276 e. The minimum absolute atomic E-state index is 0.0844. The summed E-state index contributed by atoms with van der Waals surface area (Å²) >= 11 is 5.34. The summed E-state index contributed by atoms with van der Waals surface area (Å²) < 4.78 is 0. The molecule has 0 saturated carbocycles. The van der Waals surface area contributed by atoms with Gasteiger partial charge in [-0.3, -0.25) is 9.69 Å². The lowest BCUT2D eigenvalue weighted by molar-refractivity contribution is -0.122.